The minimum atomic E-state index is -0.0852. The topological polar surface area (TPSA) is 81.5 Å². The molecule has 0 spiro atoms. The molecule has 3 rings (SSSR count). The number of aryl methyl sites for hydroxylation is 1. The molecule has 0 atom stereocenters. The Hall–Kier alpha value is -2.10. The van der Waals surface area contributed by atoms with E-state index in [1.807, 2.05) is 24.5 Å². The fourth-order valence-electron chi connectivity index (χ4n) is 1.60. The average Bonchev–Trinajstić information content (AvgIpc) is 3.24. The third-order valence-electron chi connectivity index (χ3n) is 2.59. The Bertz CT molecular complexity index is 818. The highest BCUT2D eigenvalue weighted by Crippen LogP contribution is 2.21. The van der Waals surface area contributed by atoms with Crippen LogP contribution in [0.25, 0.3) is 18.2 Å². The Balaban J connectivity index is 1.75. The molecular weight excluding hydrogens is 338 g/mol. The van der Waals surface area contributed by atoms with E-state index in [9.17, 15) is 4.79 Å². The monoisotopic (exact) mass is 347 g/mol. The zero-order valence-corrected chi connectivity index (χ0v) is 13.8. The molecule has 0 bridgehead atoms. The summed E-state index contributed by atoms with van der Waals surface area (Å²) in [6.45, 7) is 1.82. The minimum absolute atomic E-state index is 0.0852. The predicted octanol–water partition coefficient (Wildman–Crippen LogP) is 3.22. The van der Waals surface area contributed by atoms with E-state index in [0.29, 0.717) is 16.3 Å². The van der Waals surface area contributed by atoms with Crippen LogP contribution < -0.4 is 0 Å². The predicted molar refractivity (Wildman–Crippen MR) is 89.0 cm³/mol. The van der Waals surface area contributed by atoms with Crippen molar-refractivity contribution < 1.29 is 4.79 Å². The minimum Gasteiger partial charge on any atom is -0.288 e. The van der Waals surface area contributed by atoms with E-state index < -0.39 is 0 Å². The second-order valence-corrected chi connectivity index (χ2v) is 6.41. The zero-order valence-electron chi connectivity index (χ0n) is 11.3. The lowest BCUT2D eigenvalue weighted by Crippen LogP contribution is -1.93. The summed E-state index contributed by atoms with van der Waals surface area (Å²) in [5.74, 6) is -0.0852. The molecule has 0 aromatic carbocycles. The van der Waals surface area contributed by atoms with Crippen molar-refractivity contribution in [3.63, 3.8) is 0 Å². The number of allylic oxidation sites excluding steroid dienone is 1. The summed E-state index contributed by atoms with van der Waals surface area (Å²) >= 11 is 3.89. The fraction of sp³-hybridized carbons (Fsp3) is 0.0769. The number of thiazole rings is 1. The van der Waals surface area contributed by atoms with Gasteiger partial charge in [0.2, 0.25) is 0 Å². The lowest BCUT2D eigenvalue weighted by Gasteiger charge is -1.89. The van der Waals surface area contributed by atoms with Gasteiger partial charge in [0.1, 0.15) is 5.01 Å². The lowest BCUT2D eigenvalue weighted by molar-refractivity contribution is 0.105. The largest absolute Gasteiger partial charge is 0.288 e. The number of hydrogen-bond donors (Lipinski definition) is 0. The maximum absolute atomic E-state index is 12.2. The van der Waals surface area contributed by atoms with Crippen molar-refractivity contribution >= 4 is 58.4 Å². The SMILES string of the molecule is Cc1nc(/C=C\c2csnn2)sc1C(=O)/C=C\c1csnn1. The van der Waals surface area contributed by atoms with Crippen LogP contribution in [0, 0.1) is 6.92 Å². The summed E-state index contributed by atoms with van der Waals surface area (Å²) in [6, 6.07) is 0. The van der Waals surface area contributed by atoms with E-state index in [0.717, 1.165) is 10.7 Å². The van der Waals surface area contributed by atoms with Gasteiger partial charge in [-0.05, 0) is 54.3 Å². The maximum atomic E-state index is 12.2. The Morgan fingerprint density at radius 1 is 1.05 bits per heavy atom. The van der Waals surface area contributed by atoms with Crippen molar-refractivity contribution in [1.29, 1.82) is 0 Å². The van der Waals surface area contributed by atoms with Crippen molar-refractivity contribution in [2.45, 2.75) is 6.92 Å². The molecule has 6 nitrogen and oxygen atoms in total. The molecule has 3 heterocycles. The molecule has 0 saturated carbocycles. The van der Waals surface area contributed by atoms with E-state index in [1.54, 1.807) is 11.5 Å². The van der Waals surface area contributed by atoms with E-state index in [-0.39, 0.29) is 5.78 Å². The number of ketones is 1. The molecule has 0 radical (unpaired) electrons. The molecule has 0 fully saturated rings. The molecule has 0 unspecified atom stereocenters. The zero-order chi connectivity index (χ0) is 15.4. The molecule has 3 aromatic heterocycles. The second-order valence-electron chi connectivity index (χ2n) is 4.16. The van der Waals surface area contributed by atoms with E-state index in [2.05, 4.69) is 24.2 Å². The summed E-state index contributed by atoms with van der Waals surface area (Å²) in [5, 5.41) is 12.2. The molecule has 0 aliphatic rings. The highest BCUT2D eigenvalue weighted by Gasteiger charge is 2.12. The summed E-state index contributed by atoms with van der Waals surface area (Å²) < 4.78 is 7.53. The van der Waals surface area contributed by atoms with Crippen LogP contribution in [-0.2, 0) is 0 Å². The smallest absolute Gasteiger partial charge is 0.197 e. The third-order valence-corrected chi connectivity index (χ3v) is 4.78. The highest BCUT2D eigenvalue weighted by atomic mass is 32.1. The fourth-order valence-corrected chi connectivity index (χ4v) is 3.33. The summed E-state index contributed by atoms with van der Waals surface area (Å²) in [6.07, 6.45) is 6.81. The Kier molecular flexibility index (Phi) is 4.56. The van der Waals surface area contributed by atoms with Gasteiger partial charge in [0.05, 0.1) is 22.0 Å². The average molecular weight is 347 g/mol. The van der Waals surface area contributed by atoms with Crippen LogP contribution in [0.1, 0.15) is 31.8 Å². The van der Waals surface area contributed by atoms with Gasteiger partial charge in [-0.15, -0.1) is 21.5 Å². The van der Waals surface area contributed by atoms with Crippen molar-refractivity contribution in [2.75, 3.05) is 0 Å². The standard InChI is InChI=1S/C13H9N5OS3/c1-8-13(11(19)4-2-9-6-20-17-15-9)22-12(14-8)5-3-10-7-21-18-16-10/h2-7H,1H3/b4-2-,5-3-. The van der Waals surface area contributed by atoms with E-state index in [1.165, 1.54) is 40.5 Å². The first-order valence-electron chi connectivity index (χ1n) is 6.14. The second kappa shape index (κ2) is 6.77. The van der Waals surface area contributed by atoms with Gasteiger partial charge in [0.25, 0.3) is 0 Å². The first-order chi connectivity index (χ1) is 10.7. The van der Waals surface area contributed by atoms with Crippen molar-refractivity contribution in [2.24, 2.45) is 0 Å². The molecule has 0 aliphatic carbocycles. The Morgan fingerprint density at radius 3 is 2.36 bits per heavy atom. The van der Waals surface area contributed by atoms with Gasteiger partial charge in [0.15, 0.2) is 5.78 Å². The number of hydrogen-bond acceptors (Lipinski definition) is 9. The van der Waals surface area contributed by atoms with Crippen LogP contribution in [0.4, 0.5) is 0 Å². The Morgan fingerprint density at radius 2 is 1.73 bits per heavy atom. The van der Waals surface area contributed by atoms with Crippen molar-refractivity contribution in [1.82, 2.24) is 24.2 Å². The Labute approximate surface area is 138 Å². The van der Waals surface area contributed by atoms with Gasteiger partial charge < -0.3 is 0 Å². The van der Waals surface area contributed by atoms with Gasteiger partial charge >= 0.3 is 0 Å². The molecule has 22 heavy (non-hydrogen) atoms. The molecular formula is C13H9N5OS3. The normalized spacial score (nSPS) is 11.7. The van der Waals surface area contributed by atoms with Crippen LogP contribution in [0.2, 0.25) is 0 Å². The van der Waals surface area contributed by atoms with Crippen LogP contribution in [0.3, 0.4) is 0 Å². The lowest BCUT2D eigenvalue weighted by atomic mass is 10.2. The van der Waals surface area contributed by atoms with Gasteiger partial charge in [0, 0.05) is 10.8 Å². The molecule has 0 saturated heterocycles. The third kappa shape index (κ3) is 3.56. The number of nitrogens with zero attached hydrogens (tertiary/aromatic N) is 5. The summed E-state index contributed by atoms with van der Waals surface area (Å²) in [5.41, 5.74) is 2.17. The summed E-state index contributed by atoms with van der Waals surface area (Å²) in [7, 11) is 0. The number of aromatic nitrogens is 5. The van der Waals surface area contributed by atoms with Crippen LogP contribution >= 0.6 is 34.4 Å². The van der Waals surface area contributed by atoms with Gasteiger partial charge in [-0.2, -0.15) is 0 Å². The highest BCUT2D eigenvalue weighted by molar-refractivity contribution is 7.14. The van der Waals surface area contributed by atoms with E-state index in [4.69, 9.17) is 0 Å². The maximum Gasteiger partial charge on any atom is 0.197 e. The van der Waals surface area contributed by atoms with E-state index >= 15 is 0 Å². The number of carbonyl (C=O) groups excluding carboxylic acids is 1. The number of carbonyl (C=O) groups is 1. The van der Waals surface area contributed by atoms with Crippen LogP contribution in [0.15, 0.2) is 16.8 Å². The van der Waals surface area contributed by atoms with Gasteiger partial charge in [-0.25, -0.2) is 4.98 Å². The first kappa shape index (κ1) is 14.8. The molecule has 0 N–H and O–H groups in total. The van der Waals surface area contributed by atoms with Crippen LogP contribution in [0.5, 0.6) is 0 Å². The first-order valence-corrected chi connectivity index (χ1v) is 8.63. The van der Waals surface area contributed by atoms with Gasteiger partial charge in [-0.1, -0.05) is 8.98 Å². The van der Waals surface area contributed by atoms with Gasteiger partial charge in [-0.3, -0.25) is 4.79 Å². The molecule has 0 aliphatic heterocycles. The summed E-state index contributed by atoms with van der Waals surface area (Å²) in [4.78, 5) is 17.2. The number of rotatable bonds is 5. The van der Waals surface area contributed by atoms with Crippen molar-refractivity contribution in [3.8, 4) is 0 Å². The quantitative estimate of drug-likeness (QED) is 0.521. The molecule has 0 amide bonds. The molecule has 9 heteroatoms. The molecule has 3 aromatic rings. The van der Waals surface area contributed by atoms with Crippen molar-refractivity contribution in [3.05, 3.63) is 43.8 Å². The molecule has 110 valence electrons. The van der Waals surface area contributed by atoms with Crippen LogP contribution in [-0.4, -0.2) is 29.9 Å².